The van der Waals surface area contributed by atoms with Crippen LogP contribution in [0.15, 0.2) is 126 Å². The van der Waals surface area contributed by atoms with Gasteiger partial charge in [-0.3, -0.25) is 4.57 Å². The summed E-state index contributed by atoms with van der Waals surface area (Å²) >= 11 is 3.79. The average Bonchev–Trinajstić information content (AvgIpc) is 3.49. The molecule has 2 heterocycles. The van der Waals surface area contributed by atoms with Crippen molar-refractivity contribution >= 4 is 59.4 Å². The first-order chi connectivity index (χ1) is 21.0. The van der Waals surface area contributed by atoms with Gasteiger partial charge in [0.25, 0.3) is 0 Å². The maximum Gasteiger partial charge on any atom is 0.235 e. The molecule has 3 nitrogen and oxygen atoms in total. The zero-order chi connectivity index (χ0) is 28.9. The van der Waals surface area contributed by atoms with E-state index in [4.69, 9.17) is 9.97 Å². The molecule has 4 heteroatoms. The Hall–Kier alpha value is -4.80. The highest BCUT2D eigenvalue weighted by molar-refractivity contribution is 9.10. The van der Waals surface area contributed by atoms with Crippen LogP contribution in [0.2, 0.25) is 0 Å². The summed E-state index contributed by atoms with van der Waals surface area (Å²) in [5.74, 6) is 0.674. The number of nitrogens with zero attached hydrogens (tertiary/aromatic N) is 3. The highest BCUT2D eigenvalue weighted by Gasteiger charge is 2.36. The van der Waals surface area contributed by atoms with Crippen molar-refractivity contribution in [3.8, 4) is 28.3 Å². The van der Waals surface area contributed by atoms with E-state index >= 15 is 0 Å². The van der Waals surface area contributed by atoms with Gasteiger partial charge in [-0.1, -0.05) is 121 Å². The summed E-state index contributed by atoms with van der Waals surface area (Å²) in [6, 6.07) is 43.3. The zero-order valence-corrected chi connectivity index (χ0v) is 25.4. The topological polar surface area (TPSA) is 30.7 Å². The van der Waals surface area contributed by atoms with E-state index in [0.29, 0.717) is 5.95 Å². The van der Waals surface area contributed by atoms with Gasteiger partial charge in [-0.25, -0.2) is 9.97 Å². The Labute approximate surface area is 257 Å². The number of hydrogen-bond donors (Lipinski definition) is 0. The molecule has 43 heavy (non-hydrogen) atoms. The lowest BCUT2D eigenvalue weighted by Crippen LogP contribution is -2.14. The van der Waals surface area contributed by atoms with E-state index in [1.807, 2.05) is 12.1 Å². The van der Waals surface area contributed by atoms with Gasteiger partial charge in [-0.05, 0) is 63.4 Å². The van der Waals surface area contributed by atoms with E-state index in [1.165, 1.54) is 43.8 Å². The Balaban J connectivity index is 1.46. The molecule has 9 rings (SSSR count). The Morgan fingerprint density at radius 2 is 1.37 bits per heavy atom. The lowest BCUT2D eigenvalue weighted by molar-refractivity contribution is 0.661. The molecule has 0 N–H and O–H groups in total. The molecule has 0 aliphatic heterocycles. The number of aromatic nitrogens is 3. The first-order valence-corrected chi connectivity index (χ1v) is 15.4. The van der Waals surface area contributed by atoms with Crippen LogP contribution in [0.4, 0.5) is 0 Å². The maximum absolute atomic E-state index is 5.29. The van der Waals surface area contributed by atoms with E-state index in [1.54, 1.807) is 0 Å². The van der Waals surface area contributed by atoms with Crippen LogP contribution in [0, 0.1) is 0 Å². The first kappa shape index (κ1) is 24.8. The second-order valence-electron chi connectivity index (χ2n) is 12.0. The molecule has 0 fully saturated rings. The third-order valence-electron chi connectivity index (χ3n) is 9.26. The monoisotopic (exact) mass is 615 g/mol. The minimum atomic E-state index is -0.0761. The molecule has 0 spiro atoms. The molecule has 1 aliphatic carbocycles. The molecule has 0 radical (unpaired) electrons. The van der Waals surface area contributed by atoms with E-state index in [2.05, 4.69) is 144 Å². The molecule has 0 atom stereocenters. The third kappa shape index (κ3) is 3.41. The molecule has 0 unspecified atom stereocenters. The summed E-state index contributed by atoms with van der Waals surface area (Å²) in [5.41, 5.74) is 10.5. The fraction of sp³-hybridized carbons (Fsp3) is 0.0769. The highest BCUT2D eigenvalue weighted by Crippen LogP contribution is 2.53. The fourth-order valence-electron chi connectivity index (χ4n) is 7.29. The van der Waals surface area contributed by atoms with Crippen LogP contribution >= 0.6 is 15.9 Å². The van der Waals surface area contributed by atoms with Crippen molar-refractivity contribution in [1.82, 2.24) is 14.5 Å². The van der Waals surface area contributed by atoms with E-state index < -0.39 is 0 Å². The molecule has 0 saturated carbocycles. The number of fused-ring (bicyclic) bond motifs is 10. The molecule has 6 aromatic carbocycles. The standard InChI is InChI=1S/C39H26BrN3/c1-39(2)29-14-8-6-12-26(29)35-30(39)19-16-23-17-20-33-36(34(23)35)28-22-25(40)18-21-32(28)43(33)38-41-31-15-9-7-13-27(31)37(42-38)24-10-4-3-5-11-24/h3-22H,1-2H3. The van der Waals surface area contributed by atoms with Crippen molar-refractivity contribution in [1.29, 1.82) is 0 Å². The summed E-state index contributed by atoms with van der Waals surface area (Å²) in [6.07, 6.45) is 0. The van der Waals surface area contributed by atoms with Crippen LogP contribution in [-0.4, -0.2) is 14.5 Å². The van der Waals surface area contributed by atoms with Crippen molar-refractivity contribution in [3.05, 3.63) is 137 Å². The molecule has 2 aromatic heterocycles. The van der Waals surface area contributed by atoms with Gasteiger partial charge in [0.2, 0.25) is 5.95 Å². The number of hydrogen-bond acceptors (Lipinski definition) is 2. The van der Waals surface area contributed by atoms with Gasteiger partial charge in [0.1, 0.15) is 0 Å². The molecule has 0 saturated heterocycles. The van der Waals surface area contributed by atoms with Crippen LogP contribution in [0.3, 0.4) is 0 Å². The van der Waals surface area contributed by atoms with Crippen molar-refractivity contribution in [2.24, 2.45) is 0 Å². The van der Waals surface area contributed by atoms with Crippen molar-refractivity contribution in [2.75, 3.05) is 0 Å². The molecule has 8 aromatic rings. The quantitative estimate of drug-likeness (QED) is 0.194. The molecule has 204 valence electrons. The summed E-state index contributed by atoms with van der Waals surface area (Å²) in [7, 11) is 0. The SMILES string of the molecule is CC1(C)c2ccccc2-c2c1ccc1ccc3c(c4cc(Br)ccc4n3-c3nc(-c4ccccc4)c4ccccc4n3)c21. The third-order valence-corrected chi connectivity index (χ3v) is 9.75. The van der Waals surface area contributed by atoms with Gasteiger partial charge in [0.15, 0.2) is 0 Å². The van der Waals surface area contributed by atoms with Crippen molar-refractivity contribution in [2.45, 2.75) is 19.3 Å². The minimum Gasteiger partial charge on any atom is -0.278 e. The molecule has 1 aliphatic rings. The Morgan fingerprint density at radius 1 is 0.628 bits per heavy atom. The maximum atomic E-state index is 5.29. The largest absolute Gasteiger partial charge is 0.278 e. The highest BCUT2D eigenvalue weighted by atomic mass is 79.9. The first-order valence-electron chi connectivity index (χ1n) is 14.6. The number of halogens is 1. The van der Waals surface area contributed by atoms with Crippen LogP contribution in [0.1, 0.15) is 25.0 Å². The Morgan fingerprint density at radius 3 is 2.26 bits per heavy atom. The fourth-order valence-corrected chi connectivity index (χ4v) is 7.65. The average molecular weight is 617 g/mol. The van der Waals surface area contributed by atoms with Crippen molar-refractivity contribution < 1.29 is 0 Å². The van der Waals surface area contributed by atoms with Gasteiger partial charge in [-0.2, -0.15) is 0 Å². The minimum absolute atomic E-state index is 0.0761. The summed E-state index contributed by atoms with van der Waals surface area (Å²) < 4.78 is 3.30. The Kier molecular flexibility index (Phi) is 5.10. The normalized spacial score (nSPS) is 13.7. The Bertz CT molecular complexity index is 2440. The molecule has 0 amide bonds. The van der Waals surface area contributed by atoms with Gasteiger partial charge in [-0.15, -0.1) is 0 Å². The second-order valence-corrected chi connectivity index (χ2v) is 12.9. The van der Waals surface area contributed by atoms with Gasteiger partial charge in [0.05, 0.1) is 22.2 Å². The van der Waals surface area contributed by atoms with Gasteiger partial charge >= 0.3 is 0 Å². The van der Waals surface area contributed by atoms with E-state index in [-0.39, 0.29) is 5.41 Å². The van der Waals surface area contributed by atoms with E-state index in [0.717, 1.165) is 37.7 Å². The molecular weight excluding hydrogens is 590 g/mol. The van der Waals surface area contributed by atoms with Crippen molar-refractivity contribution in [3.63, 3.8) is 0 Å². The van der Waals surface area contributed by atoms with Crippen LogP contribution in [-0.2, 0) is 5.41 Å². The van der Waals surface area contributed by atoms with Crippen LogP contribution < -0.4 is 0 Å². The summed E-state index contributed by atoms with van der Waals surface area (Å²) in [5, 5.41) is 5.99. The summed E-state index contributed by atoms with van der Waals surface area (Å²) in [4.78, 5) is 10.5. The number of para-hydroxylation sites is 1. The lowest BCUT2D eigenvalue weighted by Gasteiger charge is -2.21. The van der Waals surface area contributed by atoms with Crippen LogP contribution in [0.5, 0.6) is 0 Å². The predicted molar refractivity (Wildman–Crippen MR) is 182 cm³/mol. The summed E-state index contributed by atoms with van der Waals surface area (Å²) in [6.45, 7) is 4.69. The van der Waals surface area contributed by atoms with Gasteiger partial charge in [0, 0.05) is 31.6 Å². The smallest absolute Gasteiger partial charge is 0.235 e. The number of benzene rings is 6. The molecular formula is C39H26BrN3. The van der Waals surface area contributed by atoms with Crippen LogP contribution in [0.25, 0.3) is 71.8 Å². The van der Waals surface area contributed by atoms with E-state index in [9.17, 15) is 0 Å². The number of rotatable bonds is 2. The second kappa shape index (κ2) is 8.85. The predicted octanol–water partition coefficient (Wildman–Crippen LogP) is 10.6. The zero-order valence-electron chi connectivity index (χ0n) is 23.8. The lowest BCUT2D eigenvalue weighted by atomic mass is 9.82. The molecule has 0 bridgehead atoms. The van der Waals surface area contributed by atoms with Gasteiger partial charge < -0.3 is 0 Å².